The third kappa shape index (κ3) is 8.59. The molecule has 198 valence electrons. The number of carboxylic acids is 1. The standard InChI is InChI=1S/C19H24N4O6.C2HF3O2/c1-26-15-6-5-11(7-14(15)21-19(25)13(20)10-24)22-23-12-8-16(27-2)18(29-4)17(9-12)28-3;3-2(4,5)1(6)7/h5-9,13,24H,10,20H2,1-4H3,(H,21,25);(H,6,7)/t13-;/m0./s1. The van der Waals surface area contributed by atoms with Crippen LogP contribution in [0.1, 0.15) is 0 Å². The minimum Gasteiger partial charge on any atom is -0.542 e. The molecule has 36 heavy (non-hydrogen) atoms. The molecule has 15 heteroatoms. The van der Waals surface area contributed by atoms with E-state index in [1.165, 1.54) is 28.4 Å². The second-order valence-corrected chi connectivity index (χ2v) is 6.62. The van der Waals surface area contributed by atoms with Gasteiger partial charge in [-0.2, -0.15) is 23.4 Å². The fourth-order valence-corrected chi connectivity index (χ4v) is 2.41. The van der Waals surface area contributed by atoms with Crippen molar-refractivity contribution in [3.8, 4) is 23.0 Å². The maximum atomic E-state index is 12.0. The summed E-state index contributed by atoms with van der Waals surface area (Å²) in [4.78, 5) is 20.8. The minimum atomic E-state index is -5.19. The molecule has 0 saturated carbocycles. The molecule has 1 amide bonds. The van der Waals surface area contributed by atoms with Gasteiger partial charge in [-0.1, -0.05) is 0 Å². The van der Waals surface area contributed by atoms with Crippen LogP contribution in [-0.4, -0.2) is 64.2 Å². The number of carbonyl (C=O) groups is 2. The molecule has 1 atom stereocenters. The van der Waals surface area contributed by atoms with Crippen LogP contribution >= 0.6 is 0 Å². The summed E-state index contributed by atoms with van der Waals surface area (Å²) in [5.41, 5.74) is 4.92. The molecule has 0 spiro atoms. The molecule has 0 aliphatic heterocycles. The van der Waals surface area contributed by atoms with Gasteiger partial charge in [0.25, 0.3) is 5.91 Å². The van der Waals surface area contributed by atoms with Crippen molar-refractivity contribution < 1.29 is 57.7 Å². The maximum Gasteiger partial charge on any atom is 0.430 e. The summed E-state index contributed by atoms with van der Waals surface area (Å²) in [6, 6.07) is 7.45. The van der Waals surface area contributed by atoms with Crippen LogP contribution in [-0.2, 0) is 9.59 Å². The maximum absolute atomic E-state index is 12.0. The van der Waals surface area contributed by atoms with Crippen LogP contribution in [0.2, 0.25) is 0 Å². The predicted octanol–water partition coefficient (Wildman–Crippen LogP) is 0.976. The number of rotatable bonds is 9. The van der Waals surface area contributed by atoms with Crippen molar-refractivity contribution in [3.05, 3.63) is 30.3 Å². The first-order valence-electron chi connectivity index (χ1n) is 9.84. The fraction of sp³-hybridized carbons (Fsp3) is 0.333. The van der Waals surface area contributed by atoms with Crippen molar-refractivity contribution in [1.29, 1.82) is 0 Å². The molecule has 12 nitrogen and oxygen atoms in total. The van der Waals surface area contributed by atoms with Gasteiger partial charge < -0.3 is 45.0 Å². The van der Waals surface area contributed by atoms with Gasteiger partial charge in [0, 0.05) is 12.1 Å². The molecule has 0 radical (unpaired) electrons. The third-order valence-corrected chi connectivity index (χ3v) is 4.19. The second kappa shape index (κ2) is 13.7. The number of hydrogen-bond acceptors (Lipinski definition) is 10. The zero-order valence-electron chi connectivity index (χ0n) is 19.7. The highest BCUT2D eigenvalue weighted by Crippen LogP contribution is 2.41. The molecular formula is C21H25F3N4O8. The van der Waals surface area contributed by atoms with Crippen molar-refractivity contribution >= 4 is 28.9 Å². The SMILES string of the molecule is COc1ccc(N=Nc2cc(OC)c(OC)c(OC)c2)cc1NC(=O)[C@@H]([NH3+])CO.O=C([O-])C(F)(F)F. The average Bonchev–Trinajstić information content (AvgIpc) is 2.85. The molecule has 0 saturated heterocycles. The van der Waals surface area contributed by atoms with E-state index in [2.05, 4.69) is 21.3 Å². The summed E-state index contributed by atoms with van der Waals surface area (Å²) in [5, 5.41) is 28.9. The highest BCUT2D eigenvalue weighted by atomic mass is 19.4. The van der Waals surface area contributed by atoms with E-state index in [9.17, 15) is 18.0 Å². The number of nitrogens with zero attached hydrogens (tertiary/aromatic N) is 2. The van der Waals surface area contributed by atoms with Crippen molar-refractivity contribution in [3.63, 3.8) is 0 Å². The molecule has 0 aliphatic rings. The van der Waals surface area contributed by atoms with Gasteiger partial charge in [0.2, 0.25) is 5.75 Å². The molecule has 0 fully saturated rings. The van der Waals surface area contributed by atoms with Gasteiger partial charge in [0.05, 0.1) is 45.5 Å². The van der Waals surface area contributed by atoms with Gasteiger partial charge in [-0.05, 0) is 18.2 Å². The quantitative estimate of drug-likeness (QED) is 0.411. The largest absolute Gasteiger partial charge is 0.542 e. The zero-order valence-corrected chi connectivity index (χ0v) is 19.7. The van der Waals surface area contributed by atoms with Crippen LogP contribution in [0, 0.1) is 0 Å². The number of aliphatic hydroxyl groups excluding tert-OH is 1. The first-order valence-corrected chi connectivity index (χ1v) is 9.84. The highest BCUT2D eigenvalue weighted by Gasteiger charge is 2.28. The molecule has 0 bridgehead atoms. The van der Waals surface area contributed by atoms with Gasteiger partial charge in [0.15, 0.2) is 17.5 Å². The number of carbonyl (C=O) groups excluding carboxylic acids is 2. The Morgan fingerprint density at radius 2 is 1.47 bits per heavy atom. The second-order valence-electron chi connectivity index (χ2n) is 6.62. The predicted molar refractivity (Wildman–Crippen MR) is 117 cm³/mol. The van der Waals surface area contributed by atoms with Crippen molar-refractivity contribution in [2.45, 2.75) is 12.2 Å². The summed E-state index contributed by atoms with van der Waals surface area (Å²) in [6.07, 6.45) is -5.19. The summed E-state index contributed by atoms with van der Waals surface area (Å²) in [5.74, 6) is -1.65. The number of methoxy groups -OCH3 is 4. The molecular weight excluding hydrogens is 493 g/mol. The highest BCUT2D eigenvalue weighted by molar-refractivity contribution is 5.95. The summed E-state index contributed by atoms with van der Waals surface area (Å²) < 4.78 is 52.7. The van der Waals surface area contributed by atoms with Crippen LogP contribution in [0.15, 0.2) is 40.6 Å². The normalized spacial score (nSPS) is 11.7. The molecule has 2 rings (SSSR count). The summed E-state index contributed by atoms with van der Waals surface area (Å²) in [7, 11) is 6.02. The van der Waals surface area contributed by atoms with Gasteiger partial charge in [-0.25, -0.2) is 0 Å². The van der Waals surface area contributed by atoms with E-state index >= 15 is 0 Å². The lowest BCUT2D eigenvalue weighted by Gasteiger charge is -2.12. The van der Waals surface area contributed by atoms with Gasteiger partial charge in [0.1, 0.15) is 18.3 Å². The molecule has 2 aromatic rings. The van der Waals surface area contributed by atoms with Crippen LogP contribution in [0.3, 0.4) is 0 Å². The van der Waals surface area contributed by atoms with Crippen molar-refractivity contribution in [1.82, 2.24) is 0 Å². The Balaban J connectivity index is 0.000000809. The first-order chi connectivity index (χ1) is 16.9. The minimum absolute atomic E-state index is 0.366. The number of azo groups is 1. The van der Waals surface area contributed by atoms with Crippen molar-refractivity contribution in [2.75, 3.05) is 40.4 Å². The number of alkyl halides is 3. The Bertz CT molecular complexity index is 1050. The van der Waals surface area contributed by atoms with Gasteiger partial charge >= 0.3 is 6.18 Å². The number of hydrogen-bond donors (Lipinski definition) is 3. The number of quaternary nitrogens is 1. The Labute approximate surface area is 203 Å². The Morgan fingerprint density at radius 1 is 0.972 bits per heavy atom. The van der Waals surface area contributed by atoms with E-state index < -0.39 is 24.1 Å². The number of aliphatic hydroxyl groups is 1. The number of halogens is 3. The number of anilines is 1. The molecule has 0 unspecified atom stereocenters. The summed E-state index contributed by atoms with van der Waals surface area (Å²) in [6.45, 7) is -0.366. The lowest BCUT2D eigenvalue weighted by molar-refractivity contribution is -0.407. The average molecular weight is 518 g/mol. The van der Waals surface area contributed by atoms with E-state index in [1.54, 1.807) is 30.3 Å². The zero-order chi connectivity index (χ0) is 27.5. The van der Waals surface area contributed by atoms with E-state index in [-0.39, 0.29) is 6.61 Å². The number of nitrogens with one attached hydrogen (secondary N) is 1. The number of ether oxygens (including phenoxy) is 4. The number of benzene rings is 2. The monoisotopic (exact) mass is 518 g/mol. The lowest BCUT2D eigenvalue weighted by Crippen LogP contribution is -2.68. The van der Waals surface area contributed by atoms with Gasteiger partial charge in [-0.3, -0.25) is 4.79 Å². The summed E-state index contributed by atoms with van der Waals surface area (Å²) >= 11 is 0. The smallest absolute Gasteiger partial charge is 0.430 e. The van der Waals surface area contributed by atoms with Crippen LogP contribution in [0.4, 0.5) is 30.2 Å². The van der Waals surface area contributed by atoms with Gasteiger partial charge in [-0.15, -0.1) is 0 Å². The van der Waals surface area contributed by atoms with E-state index in [4.69, 9.17) is 34.0 Å². The molecule has 0 heterocycles. The third-order valence-electron chi connectivity index (χ3n) is 4.19. The Morgan fingerprint density at radius 3 is 1.89 bits per heavy atom. The number of amides is 1. The Hall–Kier alpha value is -4.11. The van der Waals surface area contributed by atoms with Crippen LogP contribution < -0.4 is 35.1 Å². The first kappa shape index (κ1) is 29.9. The number of carboxylic acid groups (broad SMARTS) is 1. The van der Waals surface area contributed by atoms with Crippen molar-refractivity contribution in [2.24, 2.45) is 10.2 Å². The topological polar surface area (TPSA) is 179 Å². The Kier molecular flexibility index (Phi) is 11.4. The molecule has 2 aromatic carbocycles. The van der Waals surface area contributed by atoms with E-state index in [1.807, 2.05) is 0 Å². The molecule has 5 N–H and O–H groups in total. The van der Waals surface area contributed by atoms with Crippen LogP contribution in [0.5, 0.6) is 23.0 Å². The fourth-order valence-electron chi connectivity index (χ4n) is 2.41. The van der Waals surface area contributed by atoms with Crippen LogP contribution in [0.25, 0.3) is 0 Å². The van der Waals surface area contributed by atoms with E-state index in [0.717, 1.165) is 0 Å². The van der Waals surface area contributed by atoms with E-state index in [0.29, 0.717) is 40.1 Å². The number of aliphatic carboxylic acids is 1. The molecule has 0 aromatic heterocycles. The molecule has 0 aliphatic carbocycles. The lowest BCUT2D eigenvalue weighted by atomic mass is 10.2.